The van der Waals surface area contributed by atoms with Gasteiger partial charge >= 0.3 is 0 Å². The minimum atomic E-state index is 0.104. The molecule has 4 heteroatoms. The number of anilines is 1. The van der Waals surface area contributed by atoms with Gasteiger partial charge in [-0.25, -0.2) is 4.98 Å². The summed E-state index contributed by atoms with van der Waals surface area (Å²) in [6.07, 6.45) is 2.20. The maximum atomic E-state index is 9.34. The van der Waals surface area contributed by atoms with E-state index in [1.807, 2.05) is 24.3 Å². The van der Waals surface area contributed by atoms with E-state index in [2.05, 4.69) is 36.1 Å². The molecule has 3 aromatic rings. The zero-order valence-electron chi connectivity index (χ0n) is 16.0. The third-order valence-electron chi connectivity index (χ3n) is 5.52. The van der Waals surface area contributed by atoms with Gasteiger partial charge in [0, 0.05) is 18.5 Å². The average Bonchev–Trinajstić information content (AvgIpc) is 3.16. The molecule has 1 N–H and O–H groups in total. The zero-order valence-corrected chi connectivity index (χ0v) is 16.0. The molecule has 0 saturated carbocycles. The first-order chi connectivity index (χ1) is 13.2. The minimum Gasteiger partial charge on any atom is -0.494 e. The molecular weight excluding hydrogens is 336 g/mol. The number of ether oxygens (including phenoxy) is 1. The van der Waals surface area contributed by atoms with E-state index < -0.39 is 0 Å². The van der Waals surface area contributed by atoms with Crippen molar-refractivity contribution in [2.45, 2.75) is 26.4 Å². The Morgan fingerprint density at radius 3 is 2.78 bits per heavy atom. The molecule has 4 rings (SSSR count). The molecule has 0 aliphatic carbocycles. The summed E-state index contributed by atoms with van der Waals surface area (Å²) in [7, 11) is 1.70. The molecule has 1 saturated heterocycles. The van der Waals surface area contributed by atoms with Crippen LogP contribution in [0.15, 0.2) is 48.5 Å². The molecule has 1 atom stereocenters. The Bertz CT molecular complexity index is 954. The number of hydrogen-bond acceptors (Lipinski definition) is 4. The summed E-state index contributed by atoms with van der Waals surface area (Å²) in [4.78, 5) is 7.31. The number of methoxy groups -OCH3 is 1. The van der Waals surface area contributed by atoms with Gasteiger partial charge in [-0.05, 0) is 54.5 Å². The predicted molar refractivity (Wildman–Crippen MR) is 109 cm³/mol. The lowest BCUT2D eigenvalue weighted by Crippen LogP contribution is -2.21. The van der Waals surface area contributed by atoms with Crippen LogP contribution in [0.3, 0.4) is 0 Å². The standard InChI is InChI=1S/C23H26N2O2/c1-16-11-22(24-23-20(16)7-4-8-21(23)27-2)25-10-9-18(14-25)12-17-5-3-6-19(13-17)15-26/h3-8,11,13,18,26H,9-10,12,14-15H2,1-2H3/t18-/m0/s1. The summed E-state index contributed by atoms with van der Waals surface area (Å²) in [6, 6.07) is 16.6. The Morgan fingerprint density at radius 1 is 1.15 bits per heavy atom. The van der Waals surface area contributed by atoms with E-state index in [1.54, 1.807) is 7.11 Å². The van der Waals surface area contributed by atoms with Crippen LogP contribution in [0.1, 0.15) is 23.1 Å². The highest BCUT2D eigenvalue weighted by atomic mass is 16.5. The Balaban J connectivity index is 1.54. The minimum absolute atomic E-state index is 0.104. The molecule has 0 spiro atoms. The number of fused-ring (bicyclic) bond motifs is 1. The second-order valence-corrected chi connectivity index (χ2v) is 7.44. The van der Waals surface area contributed by atoms with Crippen LogP contribution in [0.25, 0.3) is 10.9 Å². The number of aromatic nitrogens is 1. The van der Waals surface area contributed by atoms with Gasteiger partial charge in [-0.3, -0.25) is 0 Å². The van der Waals surface area contributed by atoms with Crippen LogP contribution in [0.5, 0.6) is 5.75 Å². The largest absolute Gasteiger partial charge is 0.494 e. The molecule has 27 heavy (non-hydrogen) atoms. The zero-order chi connectivity index (χ0) is 18.8. The van der Waals surface area contributed by atoms with Gasteiger partial charge in [0.25, 0.3) is 0 Å². The maximum Gasteiger partial charge on any atom is 0.145 e. The first-order valence-electron chi connectivity index (χ1n) is 9.56. The van der Waals surface area contributed by atoms with E-state index in [-0.39, 0.29) is 6.61 Å². The fraction of sp³-hybridized carbons (Fsp3) is 0.348. The monoisotopic (exact) mass is 362 g/mol. The highest BCUT2D eigenvalue weighted by Gasteiger charge is 2.24. The molecule has 1 aromatic heterocycles. The van der Waals surface area contributed by atoms with Crippen molar-refractivity contribution in [2.24, 2.45) is 5.92 Å². The first-order valence-corrected chi connectivity index (χ1v) is 9.56. The summed E-state index contributed by atoms with van der Waals surface area (Å²) in [5.74, 6) is 2.47. The molecule has 1 aliphatic rings. The number of benzene rings is 2. The molecule has 0 amide bonds. The quantitative estimate of drug-likeness (QED) is 0.742. The predicted octanol–water partition coefficient (Wildman–Crippen LogP) is 4.11. The van der Waals surface area contributed by atoms with Crippen LogP contribution in [0.2, 0.25) is 0 Å². The van der Waals surface area contributed by atoms with Gasteiger partial charge in [0.1, 0.15) is 17.1 Å². The van der Waals surface area contributed by atoms with Crippen molar-refractivity contribution in [2.75, 3.05) is 25.1 Å². The van der Waals surface area contributed by atoms with Crippen LogP contribution in [-0.2, 0) is 13.0 Å². The molecule has 2 aromatic carbocycles. The van der Waals surface area contributed by atoms with Crippen molar-refractivity contribution < 1.29 is 9.84 Å². The van der Waals surface area contributed by atoms with Gasteiger partial charge in [-0.2, -0.15) is 0 Å². The van der Waals surface area contributed by atoms with Crippen LogP contribution in [0, 0.1) is 12.8 Å². The van der Waals surface area contributed by atoms with Crippen molar-refractivity contribution in [1.29, 1.82) is 0 Å². The molecule has 0 radical (unpaired) electrons. The Labute approximate surface area is 160 Å². The van der Waals surface area contributed by atoms with Crippen LogP contribution >= 0.6 is 0 Å². The molecule has 4 nitrogen and oxygen atoms in total. The van der Waals surface area contributed by atoms with Crippen LogP contribution in [0.4, 0.5) is 5.82 Å². The van der Waals surface area contributed by atoms with Crippen molar-refractivity contribution in [3.63, 3.8) is 0 Å². The lowest BCUT2D eigenvalue weighted by atomic mass is 9.97. The smallest absolute Gasteiger partial charge is 0.145 e. The van der Waals surface area contributed by atoms with E-state index >= 15 is 0 Å². The average molecular weight is 362 g/mol. The van der Waals surface area contributed by atoms with E-state index in [1.165, 1.54) is 11.1 Å². The SMILES string of the molecule is COc1cccc2c(C)cc(N3CC[C@@H](Cc4cccc(CO)c4)C3)nc12. The summed E-state index contributed by atoms with van der Waals surface area (Å²) in [5.41, 5.74) is 4.46. The fourth-order valence-corrected chi connectivity index (χ4v) is 4.10. The van der Waals surface area contributed by atoms with Crippen molar-refractivity contribution in [3.8, 4) is 5.75 Å². The number of aliphatic hydroxyl groups excluding tert-OH is 1. The second-order valence-electron chi connectivity index (χ2n) is 7.44. The number of rotatable bonds is 5. The fourth-order valence-electron chi connectivity index (χ4n) is 4.10. The van der Waals surface area contributed by atoms with Gasteiger partial charge < -0.3 is 14.7 Å². The summed E-state index contributed by atoms with van der Waals surface area (Å²) >= 11 is 0. The Morgan fingerprint density at radius 2 is 1.96 bits per heavy atom. The van der Waals surface area contributed by atoms with E-state index in [4.69, 9.17) is 9.72 Å². The normalized spacial score (nSPS) is 16.9. The van der Waals surface area contributed by atoms with E-state index in [9.17, 15) is 5.11 Å². The molecule has 2 heterocycles. The first kappa shape index (κ1) is 17.8. The summed E-state index contributed by atoms with van der Waals surface area (Å²) in [6.45, 7) is 4.28. The number of aliphatic hydroxyl groups is 1. The third-order valence-corrected chi connectivity index (χ3v) is 5.52. The van der Waals surface area contributed by atoms with E-state index in [0.717, 1.165) is 54.0 Å². The van der Waals surface area contributed by atoms with Crippen molar-refractivity contribution in [1.82, 2.24) is 4.98 Å². The lowest BCUT2D eigenvalue weighted by molar-refractivity contribution is 0.281. The lowest BCUT2D eigenvalue weighted by Gasteiger charge is -2.20. The Kier molecular flexibility index (Phi) is 4.99. The Hall–Kier alpha value is -2.59. The number of pyridine rings is 1. The van der Waals surface area contributed by atoms with Gasteiger partial charge in [0.2, 0.25) is 0 Å². The van der Waals surface area contributed by atoms with Crippen LogP contribution in [-0.4, -0.2) is 30.3 Å². The third kappa shape index (κ3) is 3.62. The van der Waals surface area contributed by atoms with Gasteiger partial charge in [0.15, 0.2) is 0 Å². The van der Waals surface area contributed by atoms with Gasteiger partial charge in [-0.1, -0.05) is 36.4 Å². The van der Waals surface area contributed by atoms with E-state index in [0.29, 0.717) is 5.92 Å². The highest BCUT2D eigenvalue weighted by molar-refractivity contribution is 5.88. The second kappa shape index (κ2) is 7.57. The van der Waals surface area contributed by atoms with Crippen LogP contribution < -0.4 is 9.64 Å². The number of aryl methyl sites for hydroxylation is 1. The maximum absolute atomic E-state index is 9.34. The number of para-hydroxylation sites is 1. The molecule has 1 aliphatic heterocycles. The molecule has 140 valence electrons. The van der Waals surface area contributed by atoms with Crippen molar-refractivity contribution in [3.05, 3.63) is 65.2 Å². The molecular formula is C23H26N2O2. The molecule has 1 fully saturated rings. The topological polar surface area (TPSA) is 45.6 Å². The van der Waals surface area contributed by atoms with Gasteiger partial charge in [0.05, 0.1) is 13.7 Å². The molecule has 0 bridgehead atoms. The highest BCUT2D eigenvalue weighted by Crippen LogP contribution is 2.31. The number of hydrogen-bond donors (Lipinski definition) is 1. The van der Waals surface area contributed by atoms with Crippen molar-refractivity contribution >= 4 is 16.7 Å². The summed E-state index contributed by atoms with van der Waals surface area (Å²) < 4.78 is 5.52. The molecule has 0 unspecified atom stereocenters. The summed E-state index contributed by atoms with van der Waals surface area (Å²) in [5, 5.41) is 10.5. The van der Waals surface area contributed by atoms with Gasteiger partial charge in [-0.15, -0.1) is 0 Å². The number of nitrogens with zero attached hydrogens (tertiary/aromatic N) is 2.